The van der Waals surface area contributed by atoms with Gasteiger partial charge in [0.2, 0.25) is 0 Å². The van der Waals surface area contributed by atoms with Gasteiger partial charge >= 0.3 is 0 Å². The van der Waals surface area contributed by atoms with Gasteiger partial charge in [-0.05, 0) is 40.6 Å². The molecule has 0 aliphatic carbocycles. The van der Waals surface area contributed by atoms with Gasteiger partial charge in [-0.1, -0.05) is 24.3 Å². The van der Waals surface area contributed by atoms with Crippen molar-refractivity contribution in [2.24, 2.45) is 0 Å². The van der Waals surface area contributed by atoms with Crippen molar-refractivity contribution in [3.8, 4) is 11.5 Å². The van der Waals surface area contributed by atoms with Gasteiger partial charge in [0.05, 0.1) is 0 Å². The molecule has 3 aromatic rings. The molecule has 1 heterocycles. The van der Waals surface area contributed by atoms with Gasteiger partial charge in [0.15, 0.2) is 11.5 Å². The van der Waals surface area contributed by atoms with Gasteiger partial charge in [-0.3, -0.25) is 4.98 Å². The second kappa shape index (κ2) is 4.98. The van der Waals surface area contributed by atoms with Crippen molar-refractivity contribution in [1.82, 2.24) is 4.98 Å². The van der Waals surface area contributed by atoms with Crippen LogP contribution in [0.15, 0.2) is 60.9 Å². The molecule has 1 aromatic heterocycles. The van der Waals surface area contributed by atoms with Crippen molar-refractivity contribution in [3.63, 3.8) is 0 Å². The minimum atomic E-state index is 0.160. The first-order valence-corrected chi connectivity index (χ1v) is 6.06. The minimum absolute atomic E-state index is 0.160. The topological polar surface area (TPSA) is 42.4 Å². The van der Waals surface area contributed by atoms with E-state index < -0.39 is 0 Å². The smallest absolute Gasteiger partial charge is 0.162 e. The summed E-state index contributed by atoms with van der Waals surface area (Å²) in [6.45, 7) is 0.411. The van der Waals surface area contributed by atoms with Crippen LogP contribution < -0.4 is 4.74 Å². The van der Waals surface area contributed by atoms with Crippen molar-refractivity contribution >= 4 is 10.8 Å². The first-order chi connectivity index (χ1) is 9.33. The van der Waals surface area contributed by atoms with E-state index in [0.717, 1.165) is 16.3 Å². The molecule has 94 valence electrons. The molecule has 0 unspecified atom stereocenters. The first kappa shape index (κ1) is 11.5. The van der Waals surface area contributed by atoms with E-state index in [1.807, 2.05) is 42.5 Å². The zero-order chi connectivity index (χ0) is 13.1. The first-order valence-electron chi connectivity index (χ1n) is 6.06. The number of aromatic nitrogens is 1. The lowest BCUT2D eigenvalue weighted by Gasteiger charge is -2.09. The number of phenols is 1. The Labute approximate surface area is 111 Å². The Balaban J connectivity index is 1.86. The van der Waals surface area contributed by atoms with E-state index in [1.165, 1.54) is 0 Å². The average Bonchev–Trinajstić information content (AvgIpc) is 2.46. The van der Waals surface area contributed by atoms with Crippen LogP contribution in [0.1, 0.15) is 5.56 Å². The number of nitrogens with zero attached hydrogens (tertiary/aromatic N) is 1. The number of hydrogen-bond donors (Lipinski definition) is 1. The van der Waals surface area contributed by atoms with Crippen molar-refractivity contribution in [2.75, 3.05) is 0 Å². The van der Waals surface area contributed by atoms with E-state index in [4.69, 9.17) is 4.74 Å². The van der Waals surface area contributed by atoms with Gasteiger partial charge < -0.3 is 9.84 Å². The normalized spacial score (nSPS) is 10.5. The predicted molar refractivity (Wildman–Crippen MR) is 74.2 cm³/mol. The molecule has 0 amide bonds. The zero-order valence-corrected chi connectivity index (χ0v) is 10.3. The summed E-state index contributed by atoms with van der Waals surface area (Å²) < 4.78 is 5.65. The largest absolute Gasteiger partial charge is 0.504 e. The third-order valence-corrected chi connectivity index (χ3v) is 2.97. The van der Waals surface area contributed by atoms with E-state index >= 15 is 0 Å². The summed E-state index contributed by atoms with van der Waals surface area (Å²) in [4.78, 5) is 3.95. The Bertz CT molecular complexity index is 695. The van der Waals surface area contributed by atoms with Crippen LogP contribution in [0, 0.1) is 0 Å². The molecule has 0 saturated carbocycles. The van der Waals surface area contributed by atoms with Crippen molar-refractivity contribution in [1.29, 1.82) is 0 Å². The maximum Gasteiger partial charge on any atom is 0.162 e. The Morgan fingerprint density at radius 1 is 0.947 bits per heavy atom. The number of aromatic hydroxyl groups is 1. The fraction of sp³-hybridized carbons (Fsp3) is 0.0625. The van der Waals surface area contributed by atoms with E-state index in [1.54, 1.807) is 18.5 Å². The number of pyridine rings is 1. The molecule has 0 saturated heterocycles. The molecule has 0 atom stereocenters. The molecular weight excluding hydrogens is 238 g/mol. The van der Waals surface area contributed by atoms with Gasteiger partial charge in [0.25, 0.3) is 0 Å². The van der Waals surface area contributed by atoms with Crippen LogP contribution in [-0.2, 0) is 6.61 Å². The fourth-order valence-corrected chi connectivity index (χ4v) is 1.96. The van der Waals surface area contributed by atoms with Crippen LogP contribution in [0.25, 0.3) is 10.8 Å². The highest BCUT2D eigenvalue weighted by Gasteiger charge is 2.05. The molecule has 2 aromatic carbocycles. The number of fused-ring (bicyclic) bond motifs is 1. The number of rotatable bonds is 3. The van der Waals surface area contributed by atoms with Crippen LogP contribution in [0.2, 0.25) is 0 Å². The summed E-state index contributed by atoms with van der Waals surface area (Å²) in [5.74, 6) is 0.656. The summed E-state index contributed by atoms with van der Waals surface area (Å²) >= 11 is 0. The van der Waals surface area contributed by atoms with E-state index in [2.05, 4.69) is 4.98 Å². The van der Waals surface area contributed by atoms with Crippen LogP contribution in [0.5, 0.6) is 11.5 Å². The summed E-state index contributed by atoms with van der Waals surface area (Å²) in [7, 11) is 0. The number of ether oxygens (including phenoxy) is 1. The summed E-state index contributed by atoms with van der Waals surface area (Å²) in [6, 6.07) is 15.2. The quantitative estimate of drug-likeness (QED) is 0.774. The molecule has 0 aliphatic rings. The van der Waals surface area contributed by atoms with Crippen LogP contribution >= 0.6 is 0 Å². The number of hydrogen-bond acceptors (Lipinski definition) is 3. The molecule has 0 fully saturated rings. The Kier molecular flexibility index (Phi) is 3.02. The van der Waals surface area contributed by atoms with Crippen molar-refractivity contribution < 1.29 is 9.84 Å². The molecule has 0 spiro atoms. The second-order valence-corrected chi connectivity index (χ2v) is 4.31. The third kappa shape index (κ3) is 2.50. The Hall–Kier alpha value is -2.55. The van der Waals surface area contributed by atoms with Crippen molar-refractivity contribution in [3.05, 3.63) is 66.5 Å². The van der Waals surface area contributed by atoms with Crippen LogP contribution in [-0.4, -0.2) is 10.1 Å². The Morgan fingerprint density at radius 2 is 1.63 bits per heavy atom. The van der Waals surface area contributed by atoms with Gasteiger partial charge in [0.1, 0.15) is 6.61 Å². The molecule has 19 heavy (non-hydrogen) atoms. The molecule has 3 heteroatoms. The van der Waals surface area contributed by atoms with Crippen molar-refractivity contribution in [2.45, 2.75) is 6.61 Å². The zero-order valence-electron chi connectivity index (χ0n) is 10.3. The van der Waals surface area contributed by atoms with Gasteiger partial charge in [0, 0.05) is 12.4 Å². The molecule has 3 nitrogen and oxygen atoms in total. The maximum atomic E-state index is 9.95. The summed E-state index contributed by atoms with van der Waals surface area (Å²) in [5.41, 5.74) is 1.02. The maximum absolute atomic E-state index is 9.95. The third-order valence-electron chi connectivity index (χ3n) is 2.97. The molecule has 3 rings (SSSR count). The molecular formula is C16H13NO2. The summed E-state index contributed by atoms with van der Waals surface area (Å²) in [5, 5.41) is 12.0. The molecule has 0 aliphatic heterocycles. The highest BCUT2D eigenvalue weighted by molar-refractivity contribution is 5.85. The summed E-state index contributed by atoms with van der Waals surface area (Å²) in [6.07, 6.45) is 3.44. The van der Waals surface area contributed by atoms with E-state index in [-0.39, 0.29) is 5.75 Å². The predicted octanol–water partition coefficient (Wildman–Crippen LogP) is 3.52. The van der Waals surface area contributed by atoms with Gasteiger partial charge in [-0.15, -0.1) is 0 Å². The highest BCUT2D eigenvalue weighted by Crippen LogP contribution is 2.31. The highest BCUT2D eigenvalue weighted by atomic mass is 16.5. The lowest BCUT2D eigenvalue weighted by Crippen LogP contribution is -1.95. The second-order valence-electron chi connectivity index (χ2n) is 4.31. The van der Waals surface area contributed by atoms with E-state index in [0.29, 0.717) is 12.4 Å². The SMILES string of the molecule is Oc1cc2ccccc2cc1OCc1ccncc1. The number of benzene rings is 2. The molecule has 0 radical (unpaired) electrons. The number of phenolic OH excluding ortho intramolecular Hbond substituents is 1. The van der Waals surface area contributed by atoms with Gasteiger partial charge in [-0.25, -0.2) is 0 Å². The monoisotopic (exact) mass is 251 g/mol. The lowest BCUT2D eigenvalue weighted by molar-refractivity contribution is 0.289. The molecule has 1 N–H and O–H groups in total. The van der Waals surface area contributed by atoms with Crippen LogP contribution in [0.3, 0.4) is 0 Å². The lowest BCUT2D eigenvalue weighted by atomic mass is 10.1. The standard InChI is InChI=1S/C16H13NO2/c18-15-9-13-3-1-2-4-14(13)10-16(15)19-11-12-5-7-17-8-6-12/h1-10,18H,11H2. The van der Waals surface area contributed by atoms with Crippen LogP contribution in [0.4, 0.5) is 0 Å². The Morgan fingerprint density at radius 3 is 2.37 bits per heavy atom. The van der Waals surface area contributed by atoms with E-state index in [9.17, 15) is 5.11 Å². The fourth-order valence-electron chi connectivity index (χ4n) is 1.96. The minimum Gasteiger partial charge on any atom is -0.504 e. The van der Waals surface area contributed by atoms with Gasteiger partial charge in [-0.2, -0.15) is 0 Å². The average molecular weight is 251 g/mol. The molecule has 0 bridgehead atoms.